The molecule has 112 valence electrons. The van der Waals surface area contributed by atoms with Crippen LogP contribution in [0.15, 0.2) is 6.07 Å². The van der Waals surface area contributed by atoms with Crippen LogP contribution in [0.3, 0.4) is 0 Å². The molecule has 3 rings (SSSR count). The van der Waals surface area contributed by atoms with Gasteiger partial charge in [-0.2, -0.15) is 0 Å². The van der Waals surface area contributed by atoms with Crippen LogP contribution in [0.2, 0.25) is 0 Å². The second kappa shape index (κ2) is 6.17. The predicted octanol–water partition coefficient (Wildman–Crippen LogP) is 3.76. The summed E-state index contributed by atoms with van der Waals surface area (Å²) < 4.78 is 0. The third kappa shape index (κ3) is 3.10. The highest BCUT2D eigenvalue weighted by atomic mass is 32.1. The topological polar surface area (TPSA) is 15.3 Å². The third-order valence-corrected chi connectivity index (χ3v) is 6.56. The number of fused-ring (bicyclic) bond motifs is 1. The number of hydrogen-bond donors (Lipinski definition) is 1. The highest BCUT2D eigenvalue weighted by molar-refractivity contribution is 7.12. The molecule has 20 heavy (non-hydrogen) atoms. The van der Waals surface area contributed by atoms with Gasteiger partial charge in [0.1, 0.15) is 0 Å². The fourth-order valence-corrected chi connectivity index (χ4v) is 4.87. The summed E-state index contributed by atoms with van der Waals surface area (Å²) in [5.74, 6) is 0. The fraction of sp³-hybridized carbons (Fsp3) is 0.765. The van der Waals surface area contributed by atoms with Gasteiger partial charge < -0.3 is 10.2 Å². The summed E-state index contributed by atoms with van der Waals surface area (Å²) in [5, 5.41) is 3.88. The van der Waals surface area contributed by atoms with Crippen molar-refractivity contribution in [3.05, 3.63) is 21.4 Å². The number of piperidine rings is 1. The van der Waals surface area contributed by atoms with Gasteiger partial charge in [-0.1, -0.05) is 0 Å². The van der Waals surface area contributed by atoms with Crippen molar-refractivity contribution in [2.24, 2.45) is 0 Å². The molecule has 0 bridgehead atoms. The molecule has 3 heteroatoms. The minimum atomic E-state index is 0.520. The number of nitrogens with one attached hydrogen (secondary N) is 1. The maximum atomic E-state index is 3.88. The number of rotatable bonds is 3. The first-order chi connectivity index (χ1) is 9.63. The minimum absolute atomic E-state index is 0.520. The molecule has 2 nitrogen and oxygen atoms in total. The summed E-state index contributed by atoms with van der Waals surface area (Å²) >= 11 is 2.06. The SMILES string of the molecule is CC(NC1CCN(C)C(C)C1)c1cc2c(s1)CCCC2. The number of hydrogen-bond acceptors (Lipinski definition) is 3. The standard InChI is InChI=1S/C17H28N2S/c1-12-10-15(8-9-19(12)3)18-13(2)17-11-14-6-4-5-7-16(14)20-17/h11-13,15,18H,4-10H2,1-3H3. The van der Waals surface area contributed by atoms with Gasteiger partial charge >= 0.3 is 0 Å². The second-order valence-corrected chi connectivity index (χ2v) is 7.91. The quantitative estimate of drug-likeness (QED) is 0.912. The fourth-order valence-electron chi connectivity index (χ4n) is 3.60. The van der Waals surface area contributed by atoms with Crippen LogP contribution < -0.4 is 5.32 Å². The average molecular weight is 292 g/mol. The molecule has 0 spiro atoms. The van der Waals surface area contributed by atoms with E-state index in [1.807, 2.05) is 0 Å². The molecule has 2 heterocycles. The van der Waals surface area contributed by atoms with E-state index in [9.17, 15) is 0 Å². The molecule has 1 N–H and O–H groups in total. The lowest BCUT2D eigenvalue weighted by Crippen LogP contribution is -2.46. The van der Waals surface area contributed by atoms with Gasteiger partial charge in [0.2, 0.25) is 0 Å². The van der Waals surface area contributed by atoms with Crippen LogP contribution in [0.5, 0.6) is 0 Å². The van der Waals surface area contributed by atoms with E-state index in [2.05, 4.69) is 48.5 Å². The van der Waals surface area contributed by atoms with Crippen molar-refractivity contribution in [3.63, 3.8) is 0 Å². The Morgan fingerprint density at radius 1 is 1.35 bits per heavy atom. The number of nitrogens with zero attached hydrogens (tertiary/aromatic N) is 1. The van der Waals surface area contributed by atoms with E-state index in [1.165, 1.54) is 45.1 Å². The third-order valence-electron chi connectivity index (χ3n) is 5.14. The molecule has 2 aliphatic rings. The largest absolute Gasteiger partial charge is 0.307 e. The lowest BCUT2D eigenvalue weighted by atomic mass is 9.97. The Morgan fingerprint density at radius 3 is 2.90 bits per heavy atom. The van der Waals surface area contributed by atoms with E-state index in [4.69, 9.17) is 0 Å². The maximum Gasteiger partial charge on any atom is 0.0388 e. The van der Waals surface area contributed by atoms with Crippen molar-refractivity contribution in [1.29, 1.82) is 0 Å². The van der Waals surface area contributed by atoms with Crippen molar-refractivity contribution in [3.8, 4) is 0 Å². The van der Waals surface area contributed by atoms with Crippen molar-refractivity contribution in [2.45, 2.75) is 70.5 Å². The molecule has 1 fully saturated rings. The highest BCUT2D eigenvalue weighted by Crippen LogP contribution is 2.33. The lowest BCUT2D eigenvalue weighted by Gasteiger charge is -2.36. The van der Waals surface area contributed by atoms with Crippen molar-refractivity contribution < 1.29 is 0 Å². The minimum Gasteiger partial charge on any atom is -0.307 e. The van der Waals surface area contributed by atoms with Crippen LogP contribution in [0, 0.1) is 0 Å². The molecule has 3 atom stereocenters. The summed E-state index contributed by atoms with van der Waals surface area (Å²) in [5.41, 5.74) is 1.64. The number of likely N-dealkylation sites (tertiary alicyclic amines) is 1. The zero-order valence-corrected chi connectivity index (χ0v) is 13.9. The molecule has 1 aromatic heterocycles. The summed E-state index contributed by atoms with van der Waals surface area (Å²) in [7, 11) is 2.25. The van der Waals surface area contributed by atoms with Crippen LogP contribution >= 0.6 is 11.3 Å². The summed E-state index contributed by atoms with van der Waals surface area (Å²) in [6.07, 6.45) is 7.97. The van der Waals surface area contributed by atoms with E-state index in [1.54, 1.807) is 15.3 Å². The first kappa shape index (κ1) is 14.6. The molecule has 0 saturated carbocycles. The molecule has 1 aliphatic carbocycles. The van der Waals surface area contributed by atoms with Gasteiger partial charge in [-0.25, -0.2) is 0 Å². The Balaban J connectivity index is 1.61. The van der Waals surface area contributed by atoms with Crippen LogP contribution in [0.4, 0.5) is 0 Å². The molecule has 1 aromatic rings. The van der Waals surface area contributed by atoms with Gasteiger partial charge in [0.25, 0.3) is 0 Å². The summed E-state index contributed by atoms with van der Waals surface area (Å²) in [6, 6.07) is 4.40. The predicted molar refractivity (Wildman–Crippen MR) is 87.6 cm³/mol. The van der Waals surface area contributed by atoms with Crippen LogP contribution in [-0.2, 0) is 12.8 Å². The summed E-state index contributed by atoms with van der Waals surface area (Å²) in [4.78, 5) is 5.70. The molecule has 1 saturated heterocycles. The molecule has 1 aliphatic heterocycles. The van der Waals surface area contributed by atoms with Gasteiger partial charge in [-0.3, -0.25) is 0 Å². The molecule has 0 amide bonds. The Labute approximate surface area is 127 Å². The van der Waals surface area contributed by atoms with Crippen molar-refractivity contribution in [2.75, 3.05) is 13.6 Å². The Kier molecular flexibility index (Phi) is 4.49. The second-order valence-electron chi connectivity index (χ2n) is 6.74. The number of aryl methyl sites for hydroxylation is 2. The van der Waals surface area contributed by atoms with Gasteiger partial charge in [-0.05, 0) is 77.6 Å². The van der Waals surface area contributed by atoms with Crippen LogP contribution in [-0.4, -0.2) is 30.6 Å². The molecule has 3 unspecified atom stereocenters. The normalized spacial score (nSPS) is 29.1. The Bertz CT molecular complexity index is 430. The van der Waals surface area contributed by atoms with E-state index in [0.717, 1.165) is 0 Å². The van der Waals surface area contributed by atoms with Crippen LogP contribution in [0.25, 0.3) is 0 Å². The maximum absolute atomic E-state index is 3.88. The number of thiophene rings is 1. The Morgan fingerprint density at radius 2 is 2.15 bits per heavy atom. The average Bonchev–Trinajstić information content (AvgIpc) is 2.87. The monoisotopic (exact) mass is 292 g/mol. The highest BCUT2D eigenvalue weighted by Gasteiger charge is 2.25. The van der Waals surface area contributed by atoms with E-state index >= 15 is 0 Å². The smallest absolute Gasteiger partial charge is 0.0388 e. The molecular formula is C17H28N2S. The summed E-state index contributed by atoms with van der Waals surface area (Å²) in [6.45, 7) is 5.93. The van der Waals surface area contributed by atoms with Gasteiger partial charge in [0.05, 0.1) is 0 Å². The van der Waals surface area contributed by atoms with E-state index in [-0.39, 0.29) is 0 Å². The van der Waals surface area contributed by atoms with E-state index < -0.39 is 0 Å². The van der Waals surface area contributed by atoms with Gasteiger partial charge in [0, 0.05) is 27.9 Å². The van der Waals surface area contributed by atoms with Crippen molar-refractivity contribution >= 4 is 11.3 Å². The first-order valence-corrected chi connectivity index (χ1v) is 9.03. The molecule has 0 aromatic carbocycles. The van der Waals surface area contributed by atoms with Crippen molar-refractivity contribution in [1.82, 2.24) is 10.2 Å². The van der Waals surface area contributed by atoms with E-state index in [0.29, 0.717) is 18.1 Å². The Hall–Kier alpha value is -0.380. The zero-order valence-electron chi connectivity index (χ0n) is 13.1. The first-order valence-electron chi connectivity index (χ1n) is 8.21. The van der Waals surface area contributed by atoms with Gasteiger partial charge in [0.15, 0.2) is 0 Å². The molecular weight excluding hydrogens is 264 g/mol. The lowest BCUT2D eigenvalue weighted by molar-refractivity contribution is 0.164. The van der Waals surface area contributed by atoms with Crippen LogP contribution in [0.1, 0.15) is 60.9 Å². The van der Waals surface area contributed by atoms with Gasteiger partial charge in [-0.15, -0.1) is 11.3 Å². The zero-order chi connectivity index (χ0) is 14.1. The molecule has 0 radical (unpaired) electrons.